The number of ether oxygens (including phenoxy) is 1. The first-order valence-corrected chi connectivity index (χ1v) is 13.6. The van der Waals surface area contributed by atoms with Crippen LogP contribution in [-0.4, -0.2) is 97.7 Å². The Morgan fingerprint density at radius 1 is 1.00 bits per heavy atom. The molecule has 2 aliphatic heterocycles. The van der Waals surface area contributed by atoms with Gasteiger partial charge in [-0.05, 0) is 61.9 Å². The van der Waals surface area contributed by atoms with Crippen LogP contribution in [0.3, 0.4) is 0 Å². The standard InChI is InChI=1S/C30H37N5O4/c1-21-29(22(2)39-32-21)24-7-8-27-26(19-24)18-23-5-4-6-25(17-23)30(37)31-9-10-35(15-16-38-27)28(36)20-34-13-11-33(3)12-14-34/h4-8,17,19H,9-16,18,20H2,1-3H3,(H,31,37). The van der Waals surface area contributed by atoms with Gasteiger partial charge in [0.1, 0.15) is 18.1 Å². The number of benzene rings is 2. The van der Waals surface area contributed by atoms with Crippen molar-refractivity contribution in [3.05, 3.63) is 70.6 Å². The predicted molar refractivity (Wildman–Crippen MR) is 149 cm³/mol. The molecule has 0 aliphatic carbocycles. The Balaban J connectivity index is 1.40. The molecule has 2 aromatic carbocycles. The number of aryl methyl sites for hydroxylation is 2. The molecule has 9 nitrogen and oxygen atoms in total. The lowest BCUT2D eigenvalue weighted by atomic mass is 9.96. The summed E-state index contributed by atoms with van der Waals surface area (Å²) in [4.78, 5) is 32.5. The molecule has 9 heteroatoms. The van der Waals surface area contributed by atoms with Crippen LogP contribution < -0.4 is 10.1 Å². The van der Waals surface area contributed by atoms with Crippen molar-refractivity contribution >= 4 is 11.8 Å². The van der Waals surface area contributed by atoms with Gasteiger partial charge in [0.05, 0.1) is 18.8 Å². The highest BCUT2D eigenvalue weighted by molar-refractivity contribution is 5.94. The molecule has 0 radical (unpaired) electrons. The quantitative estimate of drug-likeness (QED) is 0.556. The number of rotatable bonds is 3. The van der Waals surface area contributed by atoms with Crippen molar-refractivity contribution in [3.8, 4) is 16.9 Å². The minimum absolute atomic E-state index is 0.0560. The summed E-state index contributed by atoms with van der Waals surface area (Å²) in [5.41, 5.74) is 5.44. The Bertz CT molecular complexity index is 1310. The number of amides is 2. The lowest BCUT2D eigenvalue weighted by molar-refractivity contribution is -0.133. The molecule has 1 N–H and O–H groups in total. The summed E-state index contributed by atoms with van der Waals surface area (Å²) >= 11 is 0. The SMILES string of the molecule is Cc1noc(C)c1-c1ccc2c(c1)Cc1cccc(c1)C(=O)NCCN(C(=O)CN1CCN(C)CC1)CCO2. The van der Waals surface area contributed by atoms with E-state index >= 15 is 0 Å². The van der Waals surface area contributed by atoms with Gasteiger partial charge in [0.15, 0.2) is 0 Å². The number of fused-ring (bicyclic) bond motifs is 3. The van der Waals surface area contributed by atoms with E-state index < -0.39 is 0 Å². The summed E-state index contributed by atoms with van der Waals surface area (Å²) in [5.74, 6) is 1.45. The molecule has 2 amide bonds. The Morgan fingerprint density at radius 3 is 2.59 bits per heavy atom. The van der Waals surface area contributed by atoms with Crippen molar-refractivity contribution in [3.63, 3.8) is 0 Å². The molecular formula is C30H37N5O4. The minimum atomic E-state index is -0.138. The molecular weight excluding hydrogens is 494 g/mol. The van der Waals surface area contributed by atoms with E-state index in [1.165, 1.54) is 0 Å². The summed E-state index contributed by atoms with van der Waals surface area (Å²) < 4.78 is 11.7. The van der Waals surface area contributed by atoms with Crippen LogP contribution in [0.5, 0.6) is 5.75 Å². The van der Waals surface area contributed by atoms with Crippen molar-refractivity contribution in [2.75, 3.05) is 66.0 Å². The third-order valence-electron chi connectivity index (χ3n) is 7.56. The fourth-order valence-electron chi connectivity index (χ4n) is 5.28. The summed E-state index contributed by atoms with van der Waals surface area (Å²) in [7, 11) is 2.10. The van der Waals surface area contributed by atoms with E-state index in [0.717, 1.165) is 65.6 Å². The molecule has 0 atom stereocenters. The maximum atomic E-state index is 13.3. The van der Waals surface area contributed by atoms with Gasteiger partial charge in [0, 0.05) is 56.8 Å². The van der Waals surface area contributed by atoms with Gasteiger partial charge in [-0.3, -0.25) is 14.5 Å². The monoisotopic (exact) mass is 531 g/mol. The first kappa shape index (κ1) is 26.9. The zero-order valence-electron chi connectivity index (χ0n) is 23.0. The van der Waals surface area contributed by atoms with Gasteiger partial charge in [-0.1, -0.05) is 23.4 Å². The van der Waals surface area contributed by atoms with E-state index in [1.807, 2.05) is 50.2 Å². The summed E-state index contributed by atoms with van der Waals surface area (Å²) in [6.07, 6.45) is 0.597. The Hall–Kier alpha value is -3.69. The van der Waals surface area contributed by atoms with Gasteiger partial charge in [-0.2, -0.15) is 0 Å². The zero-order valence-corrected chi connectivity index (χ0v) is 23.0. The van der Waals surface area contributed by atoms with Gasteiger partial charge in [0.25, 0.3) is 5.91 Å². The first-order chi connectivity index (χ1) is 18.9. The zero-order chi connectivity index (χ0) is 27.4. The van der Waals surface area contributed by atoms with Gasteiger partial charge in [-0.15, -0.1) is 0 Å². The maximum Gasteiger partial charge on any atom is 0.251 e. The highest BCUT2D eigenvalue weighted by Gasteiger charge is 2.22. The maximum absolute atomic E-state index is 13.3. The molecule has 0 spiro atoms. The lowest BCUT2D eigenvalue weighted by Crippen LogP contribution is -2.50. The summed E-state index contributed by atoms with van der Waals surface area (Å²) in [6.45, 7) is 9.50. The molecule has 3 heterocycles. The number of nitrogens with zero attached hydrogens (tertiary/aromatic N) is 4. The number of nitrogens with one attached hydrogen (secondary N) is 1. The number of hydrogen-bond donors (Lipinski definition) is 1. The van der Waals surface area contributed by atoms with E-state index in [0.29, 0.717) is 44.8 Å². The van der Waals surface area contributed by atoms with Crippen molar-refractivity contribution in [1.82, 2.24) is 25.2 Å². The van der Waals surface area contributed by atoms with E-state index in [2.05, 4.69) is 33.4 Å². The smallest absolute Gasteiger partial charge is 0.251 e. The van der Waals surface area contributed by atoms with Crippen molar-refractivity contribution < 1.29 is 18.8 Å². The number of aromatic nitrogens is 1. The number of carbonyl (C=O) groups is 2. The van der Waals surface area contributed by atoms with Crippen LogP contribution in [0.4, 0.5) is 0 Å². The summed E-state index contributed by atoms with van der Waals surface area (Å²) in [5, 5.41) is 7.10. The Kier molecular flexibility index (Phi) is 8.28. The van der Waals surface area contributed by atoms with E-state index in [1.54, 1.807) is 4.90 Å². The van der Waals surface area contributed by atoms with Crippen LogP contribution in [0.25, 0.3) is 11.1 Å². The number of piperazine rings is 1. The predicted octanol–water partition coefficient (Wildman–Crippen LogP) is 2.75. The lowest BCUT2D eigenvalue weighted by Gasteiger charge is -2.33. The second-order valence-electron chi connectivity index (χ2n) is 10.5. The minimum Gasteiger partial charge on any atom is -0.491 e. The molecule has 3 aromatic rings. The van der Waals surface area contributed by atoms with Crippen molar-refractivity contribution in [2.24, 2.45) is 0 Å². The number of hydrogen-bond acceptors (Lipinski definition) is 7. The van der Waals surface area contributed by atoms with Gasteiger partial charge >= 0.3 is 0 Å². The molecule has 0 unspecified atom stereocenters. The van der Waals surface area contributed by atoms with Gasteiger partial charge in [0.2, 0.25) is 5.91 Å². The largest absolute Gasteiger partial charge is 0.491 e. The number of carbonyl (C=O) groups excluding carboxylic acids is 2. The fourth-order valence-corrected chi connectivity index (χ4v) is 5.28. The van der Waals surface area contributed by atoms with E-state index in [-0.39, 0.29) is 11.8 Å². The molecule has 2 aliphatic rings. The second-order valence-corrected chi connectivity index (χ2v) is 10.5. The highest BCUT2D eigenvalue weighted by atomic mass is 16.5. The van der Waals surface area contributed by atoms with Crippen LogP contribution >= 0.6 is 0 Å². The van der Waals surface area contributed by atoms with Gasteiger partial charge < -0.3 is 24.4 Å². The average Bonchev–Trinajstić information content (AvgIpc) is 3.27. The molecule has 5 rings (SSSR count). The van der Waals surface area contributed by atoms with Gasteiger partial charge in [-0.25, -0.2) is 0 Å². The molecule has 1 saturated heterocycles. The normalized spacial score (nSPS) is 17.6. The van der Waals surface area contributed by atoms with Crippen LogP contribution in [0.1, 0.15) is 32.9 Å². The number of likely N-dealkylation sites (N-methyl/N-ethyl adjacent to an activating group) is 1. The molecule has 1 fully saturated rings. The molecule has 2 bridgehead atoms. The van der Waals surface area contributed by atoms with E-state index in [4.69, 9.17) is 9.26 Å². The van der Waals surface area contributed by atoms with Crippen molar-refractivity contribution in [2.45, 2.75) is 20.3 Å². The molecule has 39 heavy (non-hydrogen) atoms. The molecule has 206 valence electrons. The average molecular weight is 532 g/mol. The summed E-state index contributed by atoms with van der Waals surface area (Å²) in [6, 6.07) is 13.8. The first-order valence-electron chi connectivity index (χ1n) is 13.6. The third-order valence-corrected chi connectivity index (χ3v) is 7.56. The second kappa shape index (κ2) is 12.0. The van der Waals surface area contributed by atoms with Crippen molar-refractivity contribution in [1.29, 1.82) is 0 Å². The van der Waals surface area contributed by atoms with E-state index in [9.17, 15) is 9.59 Å². The molecule has 0 saturated carbocycles. The topological polar surface area (TPSA) is 91.1 Å². The fraction of sp³-hybridized carbons (Fsp3) is 0.433. The van der Waals surface area contributed by atoms with Crippen LogP contribution in [0.15, 0.2) is 47.0 Å². The Labute approximate surface area is 229 Å². The molecule has 1 aromatic heterocycles. The Morgan fingerprint density at radius 2 is 1.82 bits per heavy atom. The third kappa shape index (κ3) is 6.49. The highest BCUT2D eigenvalue weighted by Crippen LogP contribution is 2.32. The van der Waals surface area contributed by atoms with Crippen LogP contribution in [0, 0.1) is 13.8 Å². The van der Waals surface area contributed by atoms with Crippen LogP contribution in [-0.2, 0) is 11.2 Å². The van der Waals surface area contributed by atoms with Crippen LogP contribution in [0.2, 0.25) is 0 Å².